The van der Waals surface area contributed by atoms with E-state index < -0.39 is 0 Å². The zero-order valence-corrected chi connectivity index (χ0v) is 12.1. The van der Waals surface area contributed by atoms with Gasteiger partial charge in [-0.15, -0.1) is 0 Å². The monoisotopic (exact) mass is 240 g/mol. The molecule has 3 N–H and O–H groups in total. The number of hydrogen-bond donors (Lipinski definition) is 2. The van der Waals surface area contributed by atoms with Gasteiger partial charge in [0.05, 0.1) is 0 Å². The quantitative estimate of drug-likeness (QED) is 0.575. The Kier molecular flexibility index (Phi) is 6.50. The van der Waals surface area contributed by atoms with Crippen molar-refractivity contribution in [3.05, 3.63) is 0 Å². The van der Waals surface area contributed by atoms with Gasteiger partial charge in [-0.05, 0) is 44.1 Å². The second-order valence-corrected chi connectivity index (χ2v) is 6.07. The van der Waals surface area contributed by atoms with Gasteiger partial charge in [-0.2, -0.15) is 0 Å². The summed E-state index contributed by atoms with van der Waals surface area (Å²) in [6.45, 7) is 8.80. The Balaban J connectivity index is 2.27. The predicted octanol–water partition coefficient (Wildman–Crippen LogP) is 3.31. The van der Waals surface area contributed by atoms with E-state index in [0.29, 0.717) is 0 Å². The van der Waals surface area contributed by atoms with E-state index in [1.54, 1.807) is 0 Å². The van der Waals surface area contributed by atoms with Crippen LogP contribution < -0.4 is 11.1 Å². The highest BCUT2D eigenvalue weighted by Crippen LogP contribution is 2.33. The van der Waals surface area contributed by atoms with Crippen LogP contribution in [0.1, 0.15) is 65.7 Å². The SMILES string of the molecule is CCC(C)CC(CC)(CN)NCCCC1CC1. The lowest BCUT2D eigenvalue weighted by Crippen LogP contribution is -2.52. The number of hydrogen-bond acceptors (Lipinski definition) is 2. The van der Waals surface area contributed by atoms with Gasteiger partial charge in [-0.25, -0.2) is 0 Å². The van der Waals surface area contributed by atoms with Gasteiger partial charge < -0.3 is 11.1 Å². The van der Waals surface area contributed by atoms with Crippen molar-refractivity contribution in [1.29, 1.82) is 0 Å². The molecule has 2 nitrogen and oxygen atoms in total. The van der Waals surface area contributed by atoms with Crippen LogP contribution in [-0.4, -0.2) is 18.6 Å². The Bertz CT molecular complexity index is 195. The van der Waals surface area contributed by atoms with Gasteiger partial charge in [0.2, 0.25) is 0 Å². The highest BCUT2D eigenvalue weighted by Gasteiger charge is 2.27. The van der Waals surface area contributed by atoms with E-state index in [0.717, 1.165) is 31.3 Å². The van der Waals surface area contributed by atoms with Crippen LogP contribution in [0.2, 0.25) is 0 Å². The van der Waals surface area contributed by atoms with Crippen molar-refractivity contribution in [2.24, 2.45) is 17.6 Å². The van der Waals surface area contributed by atoms with Crippen molar-refractivity contribution in [3.8, 4) is 0 Å². The summed E-state index contributed by atoms with van der Waals surface area (Å²) < 4.78 is 0. The smallest absolute Gasteiger partial charge is 0.0303 e. The van der Waals surface area contributed by atoms with E-state index in [2.05, 4.69) is 26.1 Å². The molecule has 17 heavy (non-hydrogen) atoms. The molecule has 0 aliphatic heterocycles. The largest absolute Gasteiger partial charge is 0.329 e. The number of nitrogens with one attached hydrogen (secondary N) is 1. The minimum atomic E-state index is 0.193. The van der Waals surface area contributed by atoms with Gasteiger partial charge in [-0.1, -0.05) is 40.0 Å². The maximum absolute atomic E-state index is 6.01. The van der Waals surface area contributed by atoms with Crippen LogP contribution in [0.4, 0.5) is 0 Å². The fourth-order valence-corrected chi connectivity index (χ4v) is 2.60. The van der Waals surface area contributed by atoms with E-state index in [1.807, 2.05) is 0 Å². The van der Waals surface area contributed by atoms with Crippen molar-refractivity contribution in [3.63, 3.8) is 0 Å². The Hall–Kier alpha value is -0.0800. The van der Waals surface area contributed by atoms with Crippen LogP contribution in [0.15, 0.2) is 0 Å². The van der Waals surface area contributed by atoms with Crippen LogP contribution in [0.5, 0.6) is 0 Å². The molecule has 2 heteroatoms. The molecule has 0 saturated heterocycles. The summed E-state index contributed by atoms with van der Waals surface area (Å²) in [4.78, 5) is 0. The number of rotatable bonds is 10. The zero-order valence-electron chi connectivity index (χ0n) is 12.1. The molecular weight excluding hydrogens is 208 g/mol. The van der Waals surface area contributed by atoms with E-state index in [4.69, 9.17) is 5.73 Å². The second-order valence-electron chi connectivity index (χ2n) is 6.07. The molecule has 1 saturated carbocycles. The first-order valence-electron chi connectivity index (χ1n) is 7.61. The topological polar surface area (TPSA) is 38.0 Å². The highest BCUT2D eigenvalue weighted by atomic mass is 15.0. The molecule has 0 aromatic carbocycles. The summed E-state index contributed by atoms with van der Waals surface area (Å²) in [5, 5.41) is 3.76. The lowest BCUT2D eigenvalue weighted by atomic mass is 9.84. The van der Waals surface area contributed by atoms with Crippen LogP contribution in [0, 0.1) is 11.8 Å². The maximum Gasteiger partial charge on any atom is 0.0303 e. The lowest BCUT2D eigenvalue weighted by Gasteiger charge is -2.35. The molecule has 1 aliphatic rings. The molecule has 0 spiro atoms. The summed E-state index contributed by atoms with van der Waals surface area (Å²) >= 11 is 0. The first kappa shape index (κ1) is 15.0. The van der Waals surface area contributed by atoms with Gasteiger partial charge >= 0.3 is 0 Å². The normalized spacial score (nSPS) is 21.2. The van der Waals surface area contributed by atoms with E-state index in [9.17, 15) is 0 Å². The summed E-state index contributed by atoms with van der Waals surface area (Å²) in [6.07, 6.45) is 9.32. The molecule has 0 aromatic heterocycles. The van der Waals surface area contributed by atoms with Crippen molar-refractivity contribution >= 4 is 0 Å². The van der Waals surface area contributed by atoms with E-state index in [-0.39, 0.29) is 5.54 Å². The maximum atomic E-state index is 6.01. The van der Waals surface area contributed by atoms with Crippen LogP contribution in [-0.2, 0) is 0 Å². The van der Waals surface area contributed by atoms with Gasteiger partial charge in [0.1, 0.15) is 0 Å². The van der Waals surface area contributed by atoms with Crippen molar-refractivity contribution in [2.45, 2.75) is 71.3 Å². The van der Waals surface area contributed by atoms with Gasteiger partial charge in [0.15, 0.2) is 0 Å². The molecule has 0 heterocycles. The van der Waals surface area contributed by atoms with Gasteiger partial charge in [-0.3, -0.25) is 0 Å². The van der Waals surface area contributed by atoms with E-state index >= 15 is 0 Å². The van der Waals surface area contributed by atoms with Crippen molar-refractivity contribution in [1.82, 2.24) is 5.32 Å². The molecule has 2 atom stereocenters. The second kappa shape index (κ2) is 7.38. The Morgan fingerprint density at radius 3 is 2.53 bits per heavy atom. The first-order valence-corrected chi connectivity index (χ1v) is 7.61. The third kappa shape index (κ3) is 5.39. The molecule has 0 radical (unpaired) electrons. The minimum absolute atomic E-state index is 0.193. The third-order valence-corrected chi connectivity index (χ3v) is 4.49. The Morgan fingerprint density at radius 1 is 1.35 bits per heavy atom. The number of nitrogens with two attached hydrogens (primary N) is 1. The fraction of sp³-hybridized carbons (Fsp3) is 1.00. The molecule has 1 aliphatic carbocycles. The lowest BCUT2D eigenvalue weighted by molar-refractivity contribution is 0.252. The predicted molar refractivity (Wildman–Crippen MR) is 76.1 cm³/mol. The summed E-state index contributed by atoms with van der Waals surface area (Å²) in [6, 6.07) is 0. The minimum Gasteiger partial charge on any atom is -0.329 e. The molecule has 0 bridgehead atoms. The highest BCUT2D eigenvalue weighted by molar-refractivity contribution is 4.89. The molecule has 102 valence electrons. The summed E-state index contributed by atoms with van der Waals surface area (Å²) in [5.41, 5.74) is 6.21. The van der Waals surface area contributed by atoms with E-state index in [1.165, 1.54) is 38.5 Å². The van der Waals surface area contributed by atoms with Crippen LogP contribution in [0.25, 0.3) is 0 Å². The molecule has 2 unspecified atom stereocenters. The molecule has 1 fully saturated rings. The van der Waals surface area contributed by atoms with Crippen molar-refractivity contribution < 1.29 is 0 Å². The third-order valence-electron chi connectivity index (χ3n) is 4.49. The van der Waals surface area contributed by atoms with Crippen LogP contribution >= 0.6 is 0 Å². The van der Waals surface area contributed by atoms with Gasteiger partial charge in [0.25, 0.3) is 0 Å². The van der Waals surface area contributed by atoms with Crippen LogP contribution in [0.3, 0.4) is 0 Å². The average molecular weight is 240 g/mol. The van der Waals surface area contributed by atoms with Crippen molar-refractivity contribution in [2.75, 3.05) is 13.1 Å². The zero-order chi connectivity index (χ0) is 12.7. The molecular formula is C15H32N2. The molecule has 1 rings (SSSR count). The standard InChI is InChI=1S/C15H32N2/c1-4-13(3)11-15(5-2,12-16)17-10-6-7-14-8-9-14/h13-14,17H,4-12,16H2,1-3H3. The molecule has 0 amide bonds. The fourth-order valence-electron chi connectivity index (χ4n) is 2.60. The Morgan fingerprint density at radius 2 is 2.06 bits per heavy atom. The Labute approximate surface area is 108 Å². The summed E-state index contributed by atoms with van der Waals surface area (Å²) in [5.74, 6) is 1.83. The summed E-state index contributed by atoms with van der Waals surface area (Å²) in [7, 11) is 0. The molecule has 0 aromatic rings. The first-order chi connectivity index (χ1) is 8.15. The van der Waals surface area contributed by atoms with Gasteiger partial charge in [0, 0.05) is 12.1 Å². The average Bonchev–Trinajstić information content (AvgIpc) is 3.17.